The number of ketones is 1. The first-order chi connectivity index (χ1) is 10.2. The van der Waals surface area contributed by atoms with E-state index in [4.69, 9.17) is 5.11 Å². The topological polar surface area (TPSA) is 82.2 Å². The largest absolute Gasteiger partial charge is 0.395 e. The minimum Gasteiger partial charge on any atom is -0.395 e. The van der Waals surface area contributed by atoms with Crippen molar-refractivity contribution < 1.29 is 14.7 Å². The number of aromatic amines is 1. The zero-order chi connectivity index (χ0) is 15.2. The van der Waals surface area contributed by atoms with Crippen molar-refractivity contribution in [3.8, 4) is 0 Å². The highest BCUT2D eigenvalue weighted by molar-refractivity contribution is 7.99. The van der Waals surface area contributed by atoms with Crippen molar-refractivity contribution in [1.82, 2.24) is 4.98 Å². The molecule has 0 fully saturated rings. The van der Waals surface area contributed by atoms with E-state index in [9.17, 15) is 9.59 Å². The summed E-state index contributed by atoms with van der Waals surface area (Å²) in [6, 6.07) is 7.88. The summed E-state index contributed by atoms with van der Waals surface area (Å²) in [6.45, 7) is 2.35. The Hall–Kier alpha value is -2.05. The first-order valence-corrected chi connectivity index (χ1v) is 7.27. The van der Waals surface area contributed by atoms with Gasteiger partial charge in [0.1, 0.15) is 5.69 Å². The van der Waals surface area contributed by atoms with Crippen LogP contribution >= 0.6 is 11.8 Å². The minimum absolute atomic E-state index is 0.0171. The molecule has 1 aromatic carbocycles. The van der Waals surface area contributed by atoms with Gasteiger partial charge in [0.05, 0.1) is 17.2 Å². The van der Waals surface area contributed by atoms with Crippen LogP contribution in [0.2, 0.25) is 0 Å². The summed E-state index contributed by atoms with van der Waals surface area (Å²) in [4.78, 5) is 26.9. The van der Waals surface area contributed by atoms with Crippen LogP contribution < -0.4 is 5.32 Å². The first-order valence-electron chi connectivity index (χ1n) is 6.46. The molecule has 0 spiro atoms. The van der Waals surface area contributed by atoms with E-state index in [1.807, 2.05) is 31.2 Å². The number of Topliss-reactive ketones (excluding diaryl/α,β-unsaturated/α-hetero) is 1. The van der Waals surface area contributed by atoms with E-state index in [1.165, 1.54) is 11.8 Å². The SMILES string of the molecule is Cc1ccc(Sc2c(NCCO)c[nH]c2C(=O)C=O)cc1. The number of aryl methyl sites for hydroxylation is 1. The average Bonchev–Trinajstić information content (AvgIpc) is 2.89. The molecule has 1 heterocycles. The number of rotatable bonds is 7. The van der Waals surface area contributed by atoms with E-state index in [1.54, 1.807) is 6.20 Å². The molecule has 0 atom stereocenters. The number of nitrogens with one attached hydrogen (secondary N) is 2. The minimum atomic E-state index is -0.596. The number of aldehydes is 1. The van der Waals surface area contributed by atoms with E-state index in [2.05, 4.69) is 10.3 Å². The molecule has 2 rings (SSSR count). The van der Waals surface area contributed by atoms with E-state index >= 15 is 0 Å². The Morgan fingerprint density at radius 3 is 2.71 bits per heavy atom. The van der Waals surface area contributed by atoms with Crippen LogP contribution in [0.15, 0.2) is 40.3 Å². The maximum Gasteiger partial charge on any atom is 0.242 e. The van der Waals surface area contributed by atoms with Crippen LogP contribution in [0.1, 0.15) is 16.1 Å². The number of aliphatic hydroxyl groups excluding tert-OH is 1. The Morgan fingerprint density at radius 1 is 1.38 bits per heavy atom. The molecule has 0 saturated heterocycles. The molecule has 6 heteroatoms. The number of benzene rings is 1. The molecular formula is C15H16N2O3S. The molecule has 21 heavy (non-hydrogen) atoms. The van der Waals surface area contributed by atoms with Gasteiger partial charge in [-0.3, -0.25) is 9.59 Å². The molecule has 3 N–H and O–H groups in total. The van der Waals surface area contributed by atoms with Crippen LogP contribution in [-0.2, 0) is 4.79 Å². The van der Waals surface area contributed by atoms with Gasteiger partial charge in [-0.05, 0) is 19.1 Å². The molecule has 0 unspecified atom stereocenters. The second-order valence-corrected chi connectivity index (χ2v) is 5.54. The van der Waals surface area contributed by atoms with Crippen molar-refractivity contribution in [2.75, 3.05) is 18.5 Å². The smallest absolute Gasteiger partial charge is 0.242 e. The van der Waals surface area contributed by atoms with Crippen molar-refractivity contribution in [1.29, 1.82) is 0 Å². The fourth-order valence-corrected chi connectivity index (χ4v) is 2.81. The summed E-state index contributed by atoms with van der Waals surface area (Å²) in [5, 5.41) is 11.9. The summed E-state index contributed by atoms with van der Waals surface area (Å²) in [5.41, 5.74) is 2.10. The number of hydrogen-bond acceptors (Lipinski definition) is 5. The van der Waals surface area contributed by atoms with Crippen LogP contribution in [0.3, 0.4) is 0 Å². The van der Waals surface area contributed by atoms with Gasteiger partial charge < -0.3 is 15.4 Å². The molecule has 2 aromatic rings. The average molecular weight is 304 g/mol. The molecule has 0 aliphatic heterocycles. The van der Waals surface area contributed by atoms with E-state index < -0.39 is 5.78 Å². The zero-order valence-electron chi connectivity index (χ0n) is 11.6. The van der Waals surface area contributed by atoms with Crippen LogP contribution in [0.5, 0.6) is 0 Å². The third kappa shape index (κ3) is 3.74. The second kappa shape index (κ2) is 7.10. The van der Waals surface area contributed by atoms with Gasteiger partial charge in [-0.15, -0.1) is 0 Å². The monoisotopic (exact) mass is 304 g/mol. The number of hydrogen-bond donors (Lipinski definition) is 3. The fourth-order valence-electron chi connectivity index (χ4n) is 1.80. The van der Waals surface area contributed by atoms with E-state index in [0.717, 1.165) is 10.5 Å². The van der Waals surface area contributed by atoms with Crippen molar-refractivity contribution in [3.05, 3.63) is 41.7 Å². The molecule has 0 saturated carbocycles. The summed E-state index contributed by atoms with van der Waals surface area (Å²) in [5.74, 6) is -0.596. The molecule has 0 aliphatic rings. The Kier molecular flexibility index (Phi) is 5.19. The fraction of sp³-hybridized carbons (Fsp3) is 0.200. The summed E-state index contributed by atoms with van der Waals surface area (Å²) in [7, 11) is 0. The number of H-pyrrole nitrogens is 1. The highest BCUT2D eigenvalue weighted by atomic mass is 32.2. The molecule has 0 aliphatic carbocycles. The van der Waals surface area contributed by atoms with Gasteiger partial charge in [0.25, 0.3) is 0 Å². The second-order valence-electron chi connectivity index (χ2n) is 4.45. The Labute approximate surface area is 126 Å². The third-order valence-electron chi connectivity index (χ3n) is 2.85. The molecule has 110 valence electrons. The van der Waals surface area contributed by atoms with Crippen molar-refractivity contribution in [2.24, 2.45) is 0 Å². The van der Waals surface area contributed by atoms with Gasteiger partial charge in [0.15, 0.2) is 6.29 Å². The maximum atomic E-state index is 11.7. The van der Waals surface area contributed by atoms with Gasteiger partial charge in [-0.25, -0.2) is 0 Å². The summed E-state index contributed by atoms with van der Waals surface area (Å²) in [6.07, 6.45) is 1.92. The highest BCUT2D eigenvalue weighted by Crippen LogP contribution is 2.36. The van der Waals surface area contributed by atoms with Gasteiger partial charge in [-0.2, -0.15) is 0 Å². The van der Waals surface area contributed by atoms with Gasteiger partial charge in [0.2, 0.25) is 5.78 Å². The molecule has 0 amide bonds. The van der Waals surface area contributed by atoms with E-state index in [-0.39, 0.29) is 12.3 Å². The lowest BCUT2D eigenvalue weighted by atomic mass is 10.2. The Balaban J connectivity index is 2.33. The van der Waals surface area contributed by atoms with Gasteiger partial charge >= 0.3 is 0 Å². The normalized spacial score (nSPS) is 10.4. The Bertz CT molecular complexity index is 635. The highest BCUT2D eigenvalue weighted by Gasteiger charge is 2.18. The Morgan fingerprint density at radius 2 is 2.10 bits per heavy atom. The van der Waals surface area contributed by atoms with Crippen LogP contribution in [0.4, 0.5) is 5.69 Å². The zero-order valence-corrected chi connectivity index (χ0v) is 12.4. The lowest BCUT2D eigenvalue weighted by molar-refractivity contribution is -0.104. The van der Waals surface area contributed by atoms with E-state index in [0.29, 0.717) is 23.4 Å². The number of carbonyl (C=O) groups excluding carboxylic acids is 2. The molecule has 5 nitrogen and oxygen atoms in total. The molecular weight excluding hydrogens is 288 g/mol. The summed E-state index contributed by atoms with van der Waals surface area (Å²) >= 11 is 1.40. The predicted molar refractivity (Wildman–Crippen MR) is 82.1 cm³/mol. The molecule has 1 aromatic heterocycles. The van der Waals surface area contributed by atoms with Crippen molar-refractivity contribution >= 4 is 29.5 Å². The first kappa shape index (κ1) is 15.3. The number of anilines is 1. The molecule has 0 bridgehead atoms. The maximum absolute atomic E-state index is 11.7. The lowest BCUT2D eigenvalue weighted by Gasteiger charge is -2.07. The number of carbonyl (C=O) groups is 2. The van der Waals surface area contributed by atoms with Crippen LogP contribution in [0, 0.1) is 6.92 Å². The molecule has 0 radical (unpaired) electrons. The van der Waals surface area contributed by atoms with Crippen LogP contribution in [-0.4, -0.2) is 35.3 Å². The van der Waals surface area contributed by atoms with Crippen molar-refractivity contribution in [3.63, 3.8) is 0 Å². The van der Waals surface area contributed by atoms with Crippen molar-refractivity contribution in [2.45, 2.75) is 16.7 Å². The number of aromatic nitrogens is 1. The van der Waals surface area contributed by atoms with Gasteiger partial charge in [0, 0.05) is 17.6 Å². The van der Waals surface area contributed by atoms with Gasteiger partial charge in [-0.1, -0.05) is 29.5 Å². The lowest BCUT2D eigenvalue weighted by Crippen LogP contribution is -2.06. The number of aliphatic hydroxyl groups is 1. The predicted octanol–water partition coefficient (Wildman–Crippen LogP) is 2.26. The standard InChI is InChI=1S/C15H16N2O3S/c1-10-2-4-11(5-3-10)21-15-12(16-6-7-18)8-17-14(15)13(20)9-19/h2-5,8-9,16-18H,6-7H2,1H3. The quantitative estimate of drug-likeness (QED) is 0.415. The van der Waals surface area contributed by atoms with Crippen LogP contribution in [0.25, 0.3) is 0 Å². The summed E-state index contributed by atoms with van der Waals surface area (Å²) < 4.78 is 0. The third-order valence-corrected chi connectivity index (χ3v) is 3.99.